The highest BCUT2D eigenvalue weighted by Crippen LogP contribution is 2.31. The van der Waals surface area contributed by atoms with Crippen LogP contribution in [0.25, 0.3) is 0 Å². The van der Waals surface area contributed by atoms with E-state index in [1.165, 1.54) is 12.8 Å². The van der Waals surface area contributed by atoms with Crippen LogP contribution in [0, 0.1) is 0 Å². The van der Waals surface area contributed by atoms with E-state index >= 15 is 0 Å². The number of ether oxygens (including phenoxy) is 1. The molecule has 1 atom stereocenters. The number of hydrogen-bond donors (Lipinski definition) is 0. The lowest BCUT2D eigenvalue weighted by atomic mass is 9.99. The van der Waals surface area contributed by atoms with Crippen LogP contribution in [0.1, 0.15) is 37.9 Å². The highest BCUT2D eigenvalue weighted by atomic mass is 35.5. The van der Waals surface area contributed by atoms with Crippen LogP contribution < -0.4 is 4.74 Å². The Morgan fingerprint density at radius 2 is 2.29 bits per heavy atom. The quantitative estimate of drug-likeness (QED) is 0.832. The summed E-state index contributed by atoms with van der Waals surface area (Å²) in [5.74, 6) is 0.397. The molecule has 4 nitrogen and oxygen atoms in total. The van der Waals surface area contributed by atoms with E-state index in [1.54, 1.807) is 7.11 Å². The zero-order valence-corrected chi connectivity index (χ0v) is 11.1. The molecule has 1 aromatic heterocycles. The van der Waals surface area contributed by atoms with Crippen LogP contribution in [-0.2, 0) is 0 Å². The topological polar surface area (TPSA) is 38.2 Å². The maximum Gasteiger partial charge on any atom is 0.252 e. The van der Waals surface area contributed by atoms with Crippen molar-refractivity contribution in [1.82, 2.24) is 15.1 Å². The van der Waals surface area contributed by atoms with E-state index in [0.29, 0.717) is 16.9 Å². The minimum atomic E-state index is 0.352. The second kappa shape index (κ2) is 5.65. The van der Waals surface area contributed by atoms with Gasteiger partial charge >= 0.3 is 0 Å². The molecule has 17 heavy (non-hydrogen) atoms. The van der Waals surface area contributed by atoms with Crippen molar-refractivity contribution in [1.29, 1.82) is 0 Å². The highest BCUT2D eigenvalue weighted by molar-refractivity contribution is 6.31. The van der Waals surface area contributed by atoms with Crippen LogP contribution in [0.2, 0.25) is 5.02 Å². The lowest BCUT2D eigenvalue weighted by Gasteiger charge is -2.34. The van der Waals surface area contributed by atoms with Crippen molar-refractivity contribution < 1.29 is 4.74 Å². The number of halogens is 1. The van der Waals surface area contributed by atoms with Gasteiger partial charge in [-0.2, -0.15) is 5.10 Å². The number of rotatable bonds is 3. The smallest absolute Gasteiger partial charge is 0.252 e. The van der Waals surface area contributed by atoms with Gasteiger partial charge in [0.1, 0.15) is 5.02 Å². The predicted octanol–water partition coefficient (Wildman–Crippen LogP) is 2.69. The van der Waals surface area contributed by atoms with Gasteiger partial charge < -0.3 is 4.74 Å². The summed E-state index contributed by atoms with van der Waals surface area (Å²) in [6.07, 6.45) is 3.64. The SMILES string of the molecule is CCN1CCCCC1c1cc(Cl)c(OC)nn1. The molecular formula is C12H18ClN3O. The number of likely N-dealkylation sites (tertiary alicyclic amines) is 1. The van der Waals surface area contributed by atoms with E-state index in [9.17, 15) is 0 Å². The van der Waals surface area contributed by atoms with Crippen LogP contribution in [0.4, 0.5) is 0 Å². The van der Waals surface area contributed by atoms with Gasteiger partial charge in [0.25, 0.3) is 5.88 Å². The van der Waals surface area contributed by atoms with Crippen molar-refractivity contribution in [3.8, 4) is 5.88 Å². The first-order valence-electron chi connectivity index (χ1n) is 6.07. The second-order valence-electron chi connectivity index (χ2n) is 4.27. The third kappa shape index (κ3) is 2.69. The van der Waals surface area contributed by atoms with Gasteiger partial charge in [-0.05, 0) is 32.0 Å². The van der Waals surface area contributed by atoms with Gasteiger partial charge in [0.05, 0.1) is 18.8 Å². The predicted molar refractivity (Wildman–Crippen MR) is 67.4 cm³/mol. The molecule has 0 N–H and O–H groups in total. The van der Waals surface area contributed by atoms with E-state index in [1.807, 2.05) is 6.07 Å². The maximum atomic E-state index is 6.09. The summed E-state index contributed by atoms with van der Waals surface area (Å²) >= 11 is 6.09. The Labute approximate surface area is 107 Å². The number of aromatic nitrogens is 2. The van der Waals surface area contributed by atoms with E-state index in [0.717, 1.165) is 25.2 Å². The fourth-order valence-corrected chi connectivity index (χ4v) is 2.60. The minimum Gasteiger partial charge on any atom is -0.479 e. The molecule has 5 heteroatoms. The maximum absolute atomic E-state index is 6.09. The Morgan fingerprint density at radius 1 is 1.47 bits per heavy atom. The van der Waals surface area contributed by atoms with Gasteiger partial charge in [-0.25, -0.2) is 0 Å². The Balaban J connectivity index is 2.23. The van der Waals surface area contributed by atoms with Gasteiger partial charge in [-0.1, -0.05) is 24.9 Å². The van der Waals surface area contributed by atoms with E-state index in [2.05, 4.69) is 22.0 Å². The summed E-state index contributed by atoms with van der Waals surface area (Å²) in [5, 5.41) is 8.78. The molecule has 1 aromatic rings. The van der Waals surface area contributed by atoms with Crippen molar-refractivity contribution in [2.45, 2.75) is 32.2 Å². The van der Waals surface area contributed by atoms with E-state index in [-0.39, 0.29) is 0 Å². The molecule has 0 aromatic carbocycles. The summed E-state index contributed by atoms with van der Waals surface area (Å²) in [6, 6.07) is 2.23. The lowest BCUT2D eigenvalue weighted by Crippen LogP contribution is -2.33. The molecule has 0 spiro atoms. The molecule has 1 saturated heterocycles. The molecular weight excluding hydrogens is 238 g/mol. The summed E-state index contributed by atoms with van der Waals surface area (Å²) in [4.78, 5) is 2.43. The first kappa shape index (κ1) is 12.6. The van der Waals surface area contributed by atoms with Crippen LogP contribution in [0.3, 0.4) is 0 Å². The van der Waals surface area contributed by atoms with Crippen molar-refractivity contribution in [3.63, 3.8) is 0 Å². The molecule has 0 radical (unpaired) electrons. The second-order valence-corrected chi connectivity index (χ2v) is 4.67. The average Bonchev–Trinajstić information content (AvgIpc) is 2.38. The van der Waals surface area contributed by atoms with Gasteiger partial charge in [-0.15, -0.1) is 5.10 Å². The Hall–Kier alpha value is -0.870. The highest BCUT2D eigenvalue weighted by Gasteiger charge is 2.24. The van der Waals surface area contributed by atoms with Crippen molar-refractivity contribution in [3.05, 3.63) is 16.8 Å². The van der Waals surface area contributed by atoms with Crippen LogP contribution in [0.5, 0.6) is 5.88 Å². The van der Waals surface area contributed by atoms with Crippen molar-refractivity contribution >= 4 is 11.6 Å². The molecule has 2 rings (SSSR count). The molecule has 2 heterocycles. The number of piperidine rings is 1. The standard InChI is InChI=1S/C12H18ClN3O/c1-3-16-7-5-4-6-11(16)10-8-9(13)12(17-2)15-14-10/h8,11H,3-7H2,1-2H3. The van der Waals surface area contributed by atoms with Crippen molar-refractivity contribution in [2.24, 2.45) is 0 Å². The monoisotopic (exact) mass is 255 g/mol. The molecule has 1 aliphatic rings. The molecule has 1 fully saturated rings. The Bertz CT molecular complexity index is 386. The molecule has 1 unspecified atom stereocenters. The Kier molecular flexibility index (Phi) is 4.18. The summed E-state index contributed by atoms with van der Waals surface area (Å²) < 4.78 is 5.02. The zero-order valence-electron chi connectivity index (χ0n) is 10.3. The van der Waals surface area contributed by atoms with Gasteiger partial charge in [0.15, 0.2) is 0 Å². The summed E-state index contributed by atoms with van der Waals surface area (Å²) in [6.45, 7) is 4.35. The minimum absolute atomic E-state index is 0.352. The first-order chi connectivity index (χ1) is 8.26. The number of nitrogens with zero attached hydrogens (tertiary/aromatic N) is 3. The first-order valence-corrected chi connectivity index (χ1v) is 6.45. The lowest BCUT2D eigenvalue weighted by molar-refractivity contribution is 0.152. The molecule has 0 aliphatic carbocycles. The van der Waals surface area contributed by atoms with E-state index < -0.39 is 0 Å². The molecule has 0 saturated carbocycles. The van der Waals surface area contributed by atoms with Crippen LogP contribution in [-0.4, -0.2) is 35.3 Å². The molecule has 0 bridgehead atoms. The van der Waals surface area contributed by atoms with E-state index in [4.69, 9.17) is 16.3 Å². The Morgan fingerprint density at radius 3 is 2.94 bits per heavy atom. The summed E-state index contributed by atoms with van der Waals surface area (Å²) in [7, 11) is 1.55. The fourth-order valence-electron chi connectivity index (χ4n) is 2.38. The molecule has 1 aliphatic heterocycles. The van der Waals surface area contributed by atoms with Gasteiger partial charge in [-0.3, -0.25) is 4.90 Å². The van der Waals surface area contributed by atoms with Gasteiger partial charge in [0.2, 0.25) is 0 Å². The molecule has 94 valence electrons. The van der Waals surface area contributed by atoms with Crippen molar-refractivity contribution in [2.75, 3.05) is 20.2 Å². The fraction of sp³-hybridized carbons (Fsp3) is 0.667. The number of hydrogen-bond acceptors (Lipinski definition) is 4. The van der Waals surface area contributed by atoms with Crippen LogP contribution in [0.15, 0.2) is 6.07 Å². The zero-order chi connectivity index (χ0) is 12.3. The average molecular weight is 256 g/mol. The molecule has 0 amide bonds. The van der Waals surface area contributed by atoms with Crippen LogP contribution >= 0.6 is 11.6 Å². The summed E-state index contributed by atoms with van der Waals surface area (Å²) in [5.41, 5.74) is 0.956. The van der Waals surface area contributed by atoms with Gasteiger partial charge in [0, 0.05) is 0 Å². The third-order valence-corrected chi connectivity index (χ3v) is 3.56. The largest absolute Gasteiger partial charge is 0.479 e. The third-order valence-electron chi connectivity index (χ3n) is 3.29. The number of methoxy groups -OCH3 is 1. The normalized spacial score (nSPS) is 21.5.